The molecule has 110 valence electrons. The fourth-order valence-corrected chi connectivity index (χ4v) is 2.64. The van der Waals surface area contributed by atoms with Crippen LogP contribution in [0.4, 0.5) is 0 Å². The van der Waals surface area contributed by atoms with Crippen molar-refractivity contribution in [2.24, 2.45) is 0 Å². The lowest BCUT2D eigenvalue weighted by atomic mass is 10.1. The van der Waals surface area contributed by atoms with Gasteiger partial charge >= 0.3 is 0 Å². The summed E-state index contributed by atoms with van der Waals surface area (Å²) in [6, 6.07) is 0. The lowest BCUT2D eigenvalue weighted by Crippen LogP contribution is -2.29. The molecule has 8 nitrogen and oxygen atoms in total. The van der Waals surface area contributed by atoms with Crippen LogP contribution >= 0.6 is 0 Å². The van der Waals surface area contributed by atoms with Gasteiger partial charge in [0.2, 0.25) is 5.89 Å². The van der Waals surface area contributed by atoms with E-state index in [4.69, 9.17) is 4.52 Å². The molecule has 8 heteroatoms. The summed E-state index contributed by atoms with van der Waals surface area (Å²) in [5.74, 6) is 1.88. The summed E-state index contributed by atoms with van der Waals surface area (Å²) in [5, 5.41) is 11.3. The minimum atomic E-state index is -0.154. The topological polar surface area (TPSA) is 98.2 Å². The van der Waals surface area contributed by atoms with Gasteiger partial charge in [-0.3, -0.25) is 4.79 Å². The quantitative estimate of drug-likeness (QED) is 0.839. The Morgan fingerprint density at radius 2 is 2.05 bits per heavy atom. The highest BCUT2D eigenvalue weighted by Crippen LogP contribution is 2.39. The summed E-state index contributed by atoms with van der Waals surface area (Å²) < 4.78 is 9.93. The molecule has 1 saturated heterocycles. The Bertz CT molecular complexity index is 675. The van der Waals surface area contributed by atoms with Crippen LogP contribution in [0, 0.1) is 6.92 Å². The van der Waals surface area contributed by atoms with Crippen LogP contribution in [-0.2, 0) is 0 Å². The number of aromatic nitrogens is 4. The largest absolute Gasteiger partial charge is 0.339 e. The third kappa shape index (κ3) is 2.20. The summed E-state index contributed by atoms with van der Waals surface area (Å²) >= 11 is 0. The highest BCUT2D eigenvalue weighted by atomic mass is 16.6. The van der Waals surface area contributed by atoms with E-state index in [-0.39, 0.29) is 17.5 Å². The number of amides is 1. The van der Waals surface area contributed by atoms with Gasteiger partial charge in [0, 0.05) is 19.0 Å². The van der Waals surface area contributed by atoms with Gasteiger partial charge in [0.05, 0.1) is 5.92 Å². The molecule has 1 aliphatic heterocycles. The molecule has 2 aromatic rings. The van der Waals surface area contributed by atoms with Crippen LogP contribution in [0.1, 0.15) is 59.0 Å². The van der Waals surface area contributed by atoms with Crippen molar-refractivity contribution in [2.75, 3.05) is 13.1 Å². The predicted molar refractivity (Wildman–Crippen MR) is 68.6 cm³/mol. The van der Waals surface area contributed by atoms with E-state index in [0.29, 0.717) is 30.6 Å². The van der Waals surface area contributed by atoms with Gasteiger partial charge in [-0.05, 0) is 31.3 Å². The molecule has 3 heterocycles. The van der Waals surface area contributed by atoms with Crippen molar-refractivity contribution in [3.05, 3.63) is 23.1 Å². The summed E-state index contributed by atoms with van der Waals surface area (Å²) in [6.45, 7) is 2.92. The van der Waals surface area contributed by atoms with Gasteiger partial charge in [-0.15, -0.1) is 0 Å². The third-order valence-corrected chi connectivity index (χ3v) is 4.08. The number of hydrogen-bond donors (Lipinski definition) is 0. The zero-order valence-corrected chi connectivity index (χ0v) is 11.7. The molecule has 0 bridgehead atoms. The van der Waals surface area contributed by atoms with E-state index in [1.165, 1.54) is 0 Å². The van der Waals surface area contributed by atoms with E-state index in [1.807, 2.05) is 0 Å². The lowest BCUT2D eigenvalue weighted by molar-refractivity contribution is 0.0778. The van der Waals surface area contributed by atoms with E-state index in [0.717, 1.165) is 25.1 Å². The van der Waals surface area contributed by atoms with E-state index < -0.39 is 0 Å². The standard InChI is InChI=1S/C13H15N5O3/c1-7-10(16-21-15-7)13(19)18-5-4-9(6-18)12-14-11(17-20-12)8-2-3-8/h8-9H,2-6H2,1H3. The van der Waals surface area contributed by atoms with Crippen LogP contribution < -0.4 is 0 Å². The molecule has 0 radical (unpaired) electrons. The van der Waals surface area contributed by atoms with Gasteiger partial charge in [-0.1, -0.05) is 10.3 Å². The Labute approximate surface area is 120 Å². The molecule has 0 aromatic carbocycles. The zero-order valence-electron chi connectivity index (χ0n) is 11.7. The first-order valence-corrected chi connectivity index (χ1v) is 7.14. The molecule has 1 unspecified atom stereocenters. The van der Waals surface area contributed by atoms with Crippen LogP contribution in [0.5, 0.6) is 0 Å². The molecule has 1 aliphatic carbocycles. The summed E-state index contributed by atoms with van der Waals surface area (Å²) in [4.78, 5) is 18.5. The van der Waals surface area contributed by atoms with Gasteiger partial charge in [0.25, 0.3) is 5.91 Å². The third-order valence-electron chi connectivity index (χ3n) is 4.08. The number of carbonyl (C=O) groups excluding carboxylic acids is 1. The maximum atomic E-state index is 12.3. The number of aryl methyl sites for hydroxylation is 1. The Balaban J connectivity index is 1.46. The van der Waals surface area contributed by atoms with Crippen LogP contribution in [0.25, 0.3) is 0 Å². The van der Waals surface area contributed by atoms with E-state index in [9.17, 15) is 4.79 Å². The molecule has 0 spiro atoms. The summed E-state index contributed by atoms with van der Waals surface area (Å²) in [7, 11) is 0. The van der Waals surface area contributed by atoms with Gasteiger partial charge in [0.15, 0.2) is 11.5 Å². The van der Waals surface area contributed by atoms with Crippen LogP contribution in [0.15, 0.2) is 9.15 Å². The average molecular weight is 289 g/mol. The second kappa shape index (κ2) is 4.64. The molecular formula is C13H15N5O3. The van der Waals surface area contributed by atoms with Crippen molar-refractivity contribution in [1.29, 1.82) is 0 Å². The summed E-state index contributed by atoms with van der Waals surface area (Å²) in [5.41, 5.74) is 0.789. The molecule has 1 atom stereocenters. The van der Waals surface area contributed by atoms with E-state index in [2.05, 4.69) is 25.1 Å². The van der Waals surface area contributed by atoms with Crippen molar-refractivity contribution >= 4 is 5.91 Å². The Morgan fingerprint density at radius 1 is 1.19 bits per heavy atom. The SMILES string of the molecule is Cc1nonc1C(=O)N1CCC(c2nc(C3CC3)no2)C1. The highest BCUT2D eigenvalue weighted by Gasteiger charge is 2.35. The minimum Gasteiger partial charge on any atom is -0.339 e. The van der Waals surface area contributed by atoms with Crippen molar-refractivity contribution in [2.45, 2.75) is 38.0 Å². The molecule has 2 fully saturated rings. The second-order valence-corrected chi connectivity index (χ2v) is 5.70. The first-order valence-electron chi connectivity index (χ1n) is 7.14. The molecule has 2 aliphatic rings. The van der Waals surface area contributed by atoms with Crippen molar-refractivity contribution in [1.82, 2.24) is 25.4 Å². The van der Waals surface area contributed by atoms with Crippen molar-refractivity contribution < 1.29 is 13.9 Å². The van der Waals surface area contributed by atoms with Gasteiger partial charge < -0.3 is 9.42 Å². The number of hydrogen-bond acceptors (Lipinski definition) is 7. The van der Waals surface area contributed by atoms with E-state index in [1.54, 1.807) is 11.8 Å². The molecule has 2 aromatic heterocycles. The highest BCUT2D eigenvalue weighted by molar-refractivity contribution is 5.93. The lowest BCUT2D eigenvalue weighted by Gasteiger charge is -2.13. The normalized spacial score (nSPS) is 22.0. The van der Waals surface area contributed by atoms with E-state index >= 15 is 0 Å². The smallest absolute Gasteiger partial charge is 0.278 e. The number of carbonyl (C=O) groups is 1. The molecule has 21 heavy (non-hydrogen) atoms. The van der Waals surface area contributed by atoms with Crippen LogP contribution in [0.2, 0.25) is 0 Å². The zero-order chi connectivity index (χ0) is 14.4. The molecule has 4 rings (SSSR count). The Kier molecular flexibility index (Phi) is 2.76. The summed E-state index contributed by atoms with van der Waals surface area (Å²) in [6.07, 6.45) is 3.11. The Morgan fingerprint density at radius 3 is 2.76 bits per heavy atom. The number of rotatable bonds is 3. The van der Waals surface area contributed by atoms with Crippen LogP contribution in [0.3, 0.4) is 0 Å². The van der Waals surface area contributed by atoms with Crippen LogP contribution in [-0.4, -0.2) is 44.4 Å². The molecule has 1 amide bonds. The first kappa shape index (κ1) is 12.5. The van der Waals surface area contributed by atoms with Gasteiger partial charge in [0.1, 0.15) is 5.69 Å². The average Bonchev–Trinajstić information content (AvgIpc) is 2.94. The number of likely N-dealkylation sites (tertiary alicyclic amines) is 1. The molecule has 0 N–H and O–H groups in total. The second-order valence-electron chi connectivity index (χ2n) is 5.70. The van der Waals surface area contributed by atoms with Crippen molar-refractivity contribution in [3.63, 3.8) is 0 Å². The minimum absolute atomic E-state index is 0.106. The fraction of sp³-hybridized carbons (Fsp3) is 0.615. The number of nitrogens with zero attached hydrogens (tertiary/aromatic N) is 5. The fourth-order valence-electron chi connectivity index (χ4n) is 2.64. The molecule has 1 saturated carbocycles. The maximum absolute atomic E-state index is 12.3. The van der Waals surface area contributed by atoms with Crippen molar-refractivity contribution in [3.8, 4) is 0 Å². The Hall–Kier alpha value is -2.25. The monoisotopic (exact) mass is 289 g/mol. The first-order chi connectivity index (χ1) is 10.2. The maximum Gasteiger partial charge on any atom is 0.278 e. The predicted octanol–water partition coefficient (Wildman–Crippen LogP) is 1.27. The van der Waals surface area contributed by atoms with Gasteiger partial charge in [-0.2, -0.15) is 4.98 Å². The van der Waals surface area contributed by atoms with Gasteiger partial charge in [-0.25, -0.2) is 4.63 Å². The molecular weight excluding hydrogens is 274 g/mol.